The predicted octanol–water partition coefficient (Wildman–Crippen LogP) is 3.48. The van der Waals surface area contributed by atoms with Crippen molar-refractivity contribution >= 4 is 11.8 Å². The van der Waals surface area contributed by atoms with E-state index in [2.05, 4.69) is 18.7 Å². The minimum Gasteiger partial charge on any atom is -0.378 e. The number of ether oxygens (including phenoxy) is 1. The lowest BCUT2D eigenvalue weighted by atomic mass is 9.92. The van der Waals surface area contributed by atoms with Gasteiger partial charge in [0.25, 0.3) is 0 Å². The Kier molecular flexibility index (Phi) is 4.18. The van der Waals surface area contributed by atoms with Gasteiger partial charge in [-0.15, -0.1) is 0 Å². The van der Waals surface area contributed by atoms with Gasteiger partial charge in [-0.2, -0.15) is 11.8 Å². The van der Waals surface area contributed by atoms with Crippen molar-refractivity contribution in [2.75, 3.05) is 12.4 Å². The van der Waals surface area contributed by atoms with E-state index in [0.717, 1.165) is 17.8 Å². The smallest absolute Gasteiger partial charge is 0.0622 e. The molecule has 2 heterocycles. The molecule has 0 aromatic carbocycles. The SMILES string of the molecule is CCCCCC1SCC[C@H]2OCC[C@H]12. The van der Waals surface area contributed by atoms with Crippen LogP contribution in [0.3, 0.4) is 0 Å². The molecular weight excluding hydrogens is 192 g/mol. The summed E-state index contributed by atoms with van der Waals surface area (Å²) in [7, 11) is 0. The van der Waals surface area contributed by atoms with Crippen LogP contribution >= 0.6 is 11.8 Å². The van der Waals surface area contributed by atoms with Crippen LogP contribution in [0.4, 0.5) is 0 Å². The summed E-state index contributed by atoms with van der Waals surface area (Å²) in [5, 5.41) is 0.919. The van der Waals surface area contributed by atoms with E-state index >= 15 is 0 Å². The second-order valence-electron chi connectivity index (χ2n) is 4.56. The molecule has 2 aliphatic heterocycles. The fourth-order valence-electron chi connectivity index (χ4n) is 2.74. The molecule has 0 aromatic heterocycles. The average Bonchev–Trinajstić information content (AvgIpc) is 2.67. The highest BCUT2D eigenvalue weighted by atomic mass is 32.2. The van der Waals surface area contributed by atoms with Crippen molar-refractivity contribution < 1.29 is 4.74 Å². The minimum atomic E-state index is 0.628. The maximum Gasteiger partial charge on any atom is 0.0622 e. The highest BCUT2D eigenvalue weighted by Gasteiger charge is 2.37. The Hall–Kier alpha value is 0.310. The summed E-state index contributed by atoms with van der Waals surface area (Å²) >= 11 is 2.21. The summed E-state index contributed by atoms with van der Waals surface area (Å²) in [6.07, 6.45) is 8.88. The van der Waals surface area contributed by atoms with E-state index in [1.165, 1.54) is 44.3 Å². The Bertz CT molecular complexity index is 172. The van der Waals surface area contributed by atoms with E-state index in [1.54, 1.807) is 0 Å². The summed E-state index contributed by atoms with van der Waals surface area (Å²) in [6.45, 7) is 3.32. The van der Waals surface area contributed by atoms with Crippen LogP contribution in [0.15, 0.2) is 0 Å². The summed E-state index contributed by atoms with van der Waals surface area (Å²) in [5.41, 5.74) is 0. The zero-order valence-corrected chi connectivity index (χ0v) is 10.0. The second-order valence-corrected chi connectivity index (χ2v) is 5.90. The van der Waals surface area contributed by atoms with Gasteiger partial charge in [-0.1, -0.05) is 26.2 Å². The molecule has 2 heteroatoms. The normalized spacial score (nSPS) is 37.1. The first-order valence-electron chi connectivity index (χ1n) is 6.15. The predicted molar refractivity (Wildman–Crippen MR) is 62.9 cm³/mol. The van der Waals surface area contributed by atoms with Crippen molar-refractivity contribution in [1.82, 2.24) is 0 Å². The number of rotatable bonds is 4. The van der Waals surface area contributed by atoms with E-state index in [1.807, 2.05) is 0 Å². The van der Waals surface area contributed by atoms with E-state index in [9.17, 15) is 0 Å². The second kappa shape index (κ2) is 5.41. The zero-order chi connectivity index (χ0) is 9.80. The highest BCUT2D eigenvalue weighted by molar-refractivity contribution is 7.99. The van der Waals surface area contributed by atoms with E-state index < -0.39 is 0 Å². The molecule has 2 rings (SSSR count). The Morgan fingerprint density at radius 3 is 3.07 bits per heavy atom. The van der Waals surface area contributed by atoms with Gasteiger partial charge in [0, 0.05) is 11.9 Å². The lowest BCUT2D eigenvalue weighted by molar-refractivity contribution is 0.0843. The van der Waals surface area contributed by atoms with Crippen LogP contribution in [0.2, 0.25) is 0 Å². The third-order valence-electron chi connectivity index (χ3n) is 3.56. The number of unbranched alkanes of at least 4 members (excludes halogenated alkanes) is 2. The minimum absolute atomic E-state index is 0.628. The van der Waals surface area contributed by atoms with Crippen LogP contribution in [-0.4, -0.2) is 23.7 Å². The molecule has 1 nitrogen and oxygen atoms in total. The third kappa shape index (κ3) is 2.46. The average molecular weight is 214 g/mol. The van der Waals surface area contributed by atoms with Crippen molar-refractivity contribution in [1.29, 1.82) is 0 Å². The molecular formula is C12H22OS. The molecule has 1 unspecified atom stereocenters. The van der Waals surface area contributed by atoms with Gasteiger partial charge < -0.3 is 4.74 Å². The maximum absolute atomic E-state index is 5.78. The molecule has 0 aromatic rings. The first-order valence-corrected chi connectivity index (χ1v) is 7.20. The molecule has 14 heavy (non-hydrogen) atoms. The first kappa shape index (κ1) is 10.8. The molecule has 0 aliphatic carbocycles. The Morgan fingerprint density at radius 2 is 2.21 bits per heavy atom. The largest absolute Gasteiger partial charge is 0.378 e. The Labute approximate surface area is 92.0 Å². The molecule has 3 atom stereocenters. The molecule has 2 fully saturated rings. The zero-order valence-electron chi connectivity index (χ0n) is 9.21. The van der Waals surface area contributed by atoms with Crippen molar-refractivity contribution in [3.63, 3.8) is 0 Å². The van der Waals surface area contributed by atoms with Crippen LogP contribution in [0, 0.1) is 5.92 Å². The summed E-state index contributed by atoms with van der Waals surface area (Å²) in [4.78, 5) is 0. The van der Waals surface area contributed by atoms with Crippen LogP contribution < -0.4 is 0 Å². The highest BCUT2D eigenvalue weighted by Crippen LogP contribution is 2.40. The van der Waals surface area contributed by atoms with Gasteiger partial charge in [-0.3, -0.25) is 0 Å². The molecule has 0 saturated carbocycles. The van der Waals surface area contributed by atoms with E-state index in [0.29, 0.717) is 6.10 Å². The molecule has 0 spiro atoms. The van der Waals surface area contributed by atoms with E-state index in [-0.39, 0.29) is 0 Å². The maximum atomic E-state index is 5.78. The van der Waals surface area contributed by atoms with Crippen molar-refractivity contribution in [2.24, 2.45) is 5.92 Å². The van der Waals surface area contributed by atoms with Crippen molar-refractivity contribution in [3.8, 4) is 0 Å². The van der Waals surface area contributed by atoms with E-state index in [4.69, 9.17) is 4.74 Å². The van der Waals surface area contributed by atoms with Gasteiger partial charge in [0.05, 0.1) is 6.10 Å². The number of thioether (sulfide) groups is 1. The van der Waals surface area contributed by atoms with Gasteiger partial charge in [-0.05, 0) is 30.9 Å². The number of hydrogen-bond donors (Lipinski definition) is 0. The van der Waals surface area contributed by atoms with Crippen LogP contribution in [0.25, 0.3) is 0 Å². The fraction of sp³-hybridized carbons (Fsp3) is 1.00. The van der Waals surface area contributed by atoms with Gasteiger partial charge in [0.2, 0.25) is 0 Å². The quantitative estimate of drug-likeness (QED) is 0.663. The lowest BCUT2D eigenvalue weighted by Crippen LogP contribution is -2.31. The molecule has 82 valence electrons. The lowest BCUT2D eigenvalue weighted by Gasteiger charge is -2.32. The Morgan fingerprint density at radius 1 is 1.29 bits per heavy atom. The summed E-state index contributed by atoms with van der Waals surface area (Å²) in [5.74, 6) is 2.23. The summed E-state index contributed by atoms with van der Waals surface area (Å²) in [6, 6.07) is 0. The van der Waals surface area contributed by atoms with Crippen LogP contribution in [0.5, 0.6) is 0 Å². The standard InChI is InChI=1S/C12H22OS/c1-2-3-4-5-12-10-6-8-13-11(10)7-9-14-12/h10-12H,2-9H2,1H3/t10-,11+,12?/m0/s1. The Balaban J connectivity index is 1.78. The molecule has 2 aliphatic rings. The molecule has 0 N–H and O–H groups in total. The van der Waals surface area contributed by atoms with Crippen molar-refractivity contribution in [3.05, 3.63) is 0 Å². The molecule has 0 amide bonds. The van der Waals surface area contributed by atoms with Gasteiger partial charge >= 0.3 is 0 Å². The number of fused-ring (bicyclic) bond motifs is 1. The topological polar surface area (TPSA) is 9.23 Å². The third-order valence-corrected chi connectivity index (χ3v) is 5.05. The van der Waals surface area contributed by atoms with Gasteiger partial charge in [-0.25, -0.2) is 0 Å². The first-order chi connectivity index (χ1) is 6.92. The molecule has 2 saturated heterocycles. The fourth-order valence-corrected chi connectivity index (χ4v) is 4.30. The molecule has 0 radical (unpaired) electrons. The van der Waals surface area contributed by atoms with Crippen molar-refractivity contribution in [2.45, 2.75) is 56.8 Å². The summed E-state index contributed by atoms with van der Waals surface area (Å²) < 4.78 is 5.78. The van der Waals surface area contributed by atoms with Crippen LogP contribution in [0.1, 0.15) is 45.4 Å². The van der Waals surface area contributed by atoms with Crippen LogP contribution in [-0.2, 0) is 4.74 Å². The monoisotopic (exact) mass is 214 g/mol. The number of hydrogen-bond acceptors (Lipinski definition) is 2. The van der Waals surface area contributed by atoms with Gasteiger partial charge in [0.1, 0.15) is 0 Å². The van der Waals surface area contributed by atoms with Gasteiger partial charge in [0.15, 0.2) is 0 Å². The molecule has 0 bridgehead atoms.